The number of nitrogens with zero attached hydrogens (tertiary/aromatic N) is 1. The van der Waals surface area contributed by atoms with E-state index in [0.717, 1.165) is 0 Å². The number of rotatable bonds is 10. The molecule has 1 N–H and O–H groups in total. The molecule has 0 radical (unpaired) electrons. The molecule has 7 heteroatoms. The maximum Gasteiger partial charge on any atom is 0.303 e. The van der Waals surface area contributed by atoms with Crippen LogP contribution >= 0.6 is 12.4 Å². The minimum absolute atomic E-state index is 0. The normalized spacial score (nSPS) is 10.3. The summed E-state index contributed by atoms with van der Waals surface area (Å²) < 4.78 is 19.3. The van der Waals surface area contributed by atoms with Gasteiger partial charge in [0.15, 0.2) is 5.78 Å². The maximum absolute atomic E-state index is 13.6. The fourth-order valence-electron chi connectivity index (χ4n) is 2.42. The molecule has 0 bridgehead atoms. The largest absolute Gasteiger partial charge is 0.492 e. The lowest BCUT2D eigenvalue weighted by atomic mass is 10.1. The number of carboxylic acid groups (broad SMARTS) is 1. The summed E-state index contributed by atoms with van der Waals surface area (Å²) in [6.45, 7) is 1.54. The number of carbonyl (C=O) groups excluding carboxylic acids is 1. The average Bonchev–Trinajstić information content (AvgIpc) is 2.62. The van der Waals surface area contributed by atoms with Crippen molar-refractivity contribution in [2.24, 2.45) is 0 Å². The number of likely N-dealkylation sites (N-methyl/N-ethyl adjacent to an activating group) is 1. The molecule has 146 valence electrons. The van der Waals surface area contributed by atoms with Gasteiger partial charge in [0.1, 0.15) is 18.2 Å². The molecule has 0 amide bonds. The molecule has 0 aliphatic carbocycles. The molecule has 2 rings (SSSR count). The summed E-state index contributed by atoms with van der Waals surface area (Å²) in [4.78, 5) is 24.3. The Bertz CT molecular complexity index is 752. The van der Waals surface area contributed by atoms with Crippen molar-refractivity contribution in [3.8, 4) is 5.75 Å². The molecule has 0 unspecified atom stereocenters. The van der Waals surface area contributed by atoms with Crippen molar-refractivity contribution in [1.82, 2.24) is 4.90 Å². The van der Waals surface area contributed by atoms with Gasteiger partial charge < -0.3 is 9.84 Å². The smallest absolute Gasteiger partial charge is 0.303 e. The summed E-state index contributed by atoms with van der Waals surface area (Å²) in [5.74, 6) is -0.788. The van der Waals surface area contributed by atoms with Crippen LogP contribution < -0.4 is 4.74 Å². The van der Waals surface area contributed by atoms with Crippen molar-refractivity contribution in [3.63, 3.8) is 0 Å². The Morgan fingerprint density at radius 2 is 1.74 bits per heavy atom. The number of benzene rings is 2. The van der Waals surface area contributed by atoms with E-state index in [9.17, 15) is 14.0 Å². The Kier molecular flexibility index (Phi) is 9.47. The first-order chi connectivity index (χ1) is 12.5. The molecule has 0 fully saturated rings. The van der Waals surface area contributed by atoms with Crippen LogP contribution in [-0.4, -0.2) is 42.0 Å². The van der Waals surface area contributed by atoms with Crippen LogP contribution in [0.25, 0.3) is 0 Å². The van der Waals surface area contributed by atoms with E-state index < -0.39 is 5.97 Å². The molecule has 5 nitrogen and oxygen atoms in total. The van der Waals surface area contributed by atoms with Crippen LogP contribution in [0.3, 0.4) is 0 Å². The van der Waals surface area contributed by atoms with E-state index in [1.54, 1.807) is 36.4 Å². The predicted molar refractivity (Wildman–Crippen MR) is 103 cm³/mol. The number of carbonyl (C=O) groups is 2. The number of hydrogen-bond donors (Lipinski definition) is 1. The zero-order chi connectivity index (χ0) is 18.9. The monoisotopic (exact) mass is 395 g/mol. The van der Waals surface area contributed by atoms with Gasteiger partial charge in [-0.25, -0.2) is 4.39 Å². The SMILES string of the molecule is CN(CCOc1ccc(C(=O)CCC(=O)O)cc1)Cc1ccccc1F.Cl. The zero-order valence-electron chi connectivity index (χ0n) is 15.1. The van der Waals surface area contributed by atoms with Crippen LogP contribution in [0.1, 0.15) is 28.8 Å². The van der Waals surface area contributed by atoms with E-state index in [1.165, 1.54) is 6.07 Å². The number of carboxylic acids is 1. The van der Waals surface area contributed by atoms with Crippen molar-refractivity contribution in [2.75, 3.05) is 20.2 Å². The molecule has 2 aromatic rings. The number of Topliss-reactive ketones (excluding diaryl/α,β-unsaturated/α-hetero) is 1. The second-order valence-corrected chi connectivity index (χ2v) is 6.02. The molecule has 0 saturated heterocycles. The highest BCUT2D eigenvalue weighted by molar-refractivity contribution is 5.97. The molecule has 0 saturated carbocycles. The van der Waals surface area contributed by atoms with Crippen molar-refractivity contribution in [1.29, 1.82) is 0 Å². The van der Waals surface area contributed by atoms with Crippen LogP contribution in [-0.2, 0) is 11.3 Å². The van der Waals surface area contributed by atoms with Crippen molar-refractivity contribution >= 4 is 24.2 Å². The van der Waals surface area contributed by atoms with Gasteiger partial charge in [-0.2, -0.15) is 0 Å². The van der Waals surface area contributed by atoms with Crippen molar-refractivity contribution in [2.45, 2.75) is 19.4 Å². The first-order valence-corrected chi connectivity index (χ1v) is 8.35. The Morgan fingerprint density at radius 1 is 1.07 bits per heavy atom. The van der Waals surface area contributed by atoms with Gasteiger partial charge in [0.05, 0.1) is 6.42 Å². The van der Waals surface area contributed by atoms with Crippen LogP contribution in [0.4, 0.5) is 4.39 Å². The number of halogens is 2. The van der Waals surface area contributed by atoms with Gasteiger partial charge in [-0.1, -0.05) is 18.2 Å². The quantitative estimate of drug-likeness (QED) is 0.620. The summed E-state index contributed by atoms with van der Waals surface area (Å²) in [7, 11) is 1.89. The van der Waals surface area contributed by atoms with Gasteiger partial charge in [-0.15, -0.1) is 12.4 Å². The Balaban J connectivity index is 0.00000364. The van der Waals surface area contributed by atoms with Crippen LogP contribution in [0.2, 0.25) is 0 Å². The van der Waals surface area contributed by atoms with E-state index in [1.807, 2.05) is 18.0 Å². The summed E-state index contributed by atoms with van der Waals surface area (Å²) in [5.41, 5.74) is 1.11. The van der Waals surface area contributed by atoms with Crippen molar-refractivity contribution < 1.29 is 23.8 Å². The van der Waals surface area contributed by atoms with E-state index in [2.05, 4.69) is 0 Å². The molecular formula is C20H23ClFNO4. The predicted octanol–water partition coefficient (Wildman–Crippen LogP) is 3.81. The standard InChI is InChI=1S/C20H22FNO4.ClH/c1-22(14-16-4-2-3-5-18(16)21)12-13-26-17-8-6-15(7-9-17)19(23)10-11-20(24)25;/h2-9H,10-14H2,1H3,(H,24,25);1H. The Hall–Kier alpha value is -2.44. The highest BCUT2D eigenvalue weighted by Crippen LogP contribution is 2.14. The summed E-state index contributed by atoms with van der Waals surface area (Å²) in [5, 5.41) is 8.61. The summed E-state index contributed by atoms with van der Waals surface area (Å²) >= 11 is 0. The Morgan fingerprint density at radius 3 is 2.37 bits per heavy atom. The second kappa shape index (κ2) is 11.3. The molecule has 0 spiro atoms. The first kappa shape index (κ1) is 22.6. The molecular weight excluding hydrogens is 373 g/mol. The van der Waals surface area contributed by atoms with Crippen LogP contribution in [0, 0.1) is 5.82 Å². The third-order valence-electron chi connectivity index (χ3n) is 3.88. The van der Waals surface area contributed by atoms with Gasteiger partial charge in [0.25, 0.3) is 0 Å². The van der Waals surface area contributed by atoms with Crippen LogP contribution in [0.5, 0.6) is 5.75 Å². The van der Waals surface area contributed by atoms with Gasteiger partial charge in [-0.3, -0.25) is 14.5 Å². The van der Waals surface area contributed by atoms with E-state index in [-0.39, 0.29) is 36.8 Å². The van der Waals surface area contributed by atoms with Gasteiger partial charge in [0.2, 0.25) is 0 Å². The lowest BCUT2D eigenvalue weighted by Crippen LogP contribution is -2.24. The van der Waals surface area contributed by atoms with Gasteiger partial charge in [-0.05, 0) is 37.4 Å². The molecule has 2 aromatic carbocycles. The minimum Gasteiger partial charge on any atom is -0.492 e. The fraction of sp³-hybridized carbons (Fsp3) is 0.300. The van der Waals surface area contributed by atoms with Gasteiger partial charge in [0, 0.05) is 30.6 Å². The number of aliphatic carboxylic acids is 1. The third kappa shape index (κ3) is 7.76. The first-order valence-electron chi connectivity index (χ1n) is 8.35. The molecule has 0 aliphatic heterocycles. The zero-order valence-corrected chi connectivity index (χ0v) is 15.9. The van der Waals surface area contributed by atoms with Gasteiger partial charge >= 0.3 is 5.97 Å². The summed E-state index contributed by atoms with van der Waals surface area (Å²) in [6, 6.07) is 13.3. The van der Waals surface area contributed by atoms with Crippen LogP contribution in [0.15, 0.2) is 48.5 Å². The Labute approximate surface area is 164 Å². The molecule has 0 aliphatic rings. The minimum atomic E-state index is -0.988. The molecule has 27 heavy (non-hydrogen) atoms. The topological polar surface area (TPSA) is 66.8 Å². The van der Waals surface area contributed by atoms with E-state index in [0.29, 0.717) is 36.6 Å². The van der Waals surface area contributed by atoms with Crippen molar-refractivity contribution in [3.05, 3.63) is 65.5 Å². The molecule has 0 heterocycles. The number of hydrogen-bond acceptors (Lipinski definition) is 4. The molecule has 0 aromatic heterocycles. The lowest BCUT2D eigenvalue weighted by molar-refractivity contribution is -0.136. The number of ether oxygens (including phenoxy) is 1. The van der Waals surface area contributed by atoms with E-state index >= 15 is 0 Å². The molecule has 0 atom stereocenters. The maximum atomic E-state index is 13.6. The summed E-state index contributed by atoms with van der Waals surface area (Å²) in [6.07, 6.45) is -0.193. The third-order valence-corrected chi connectivity index (χ3v) is 3.88. The fourth-order valence-corrected chi connectivity index (χ4v) is 2.42. The highest BCUT2D eigenvalue weighted by atomic mass is 35.5. The number of ketones is 1. The second-order valence-electron chi connectivity index (χ2n) is 6.02. The van der Waals surface area contributed by atoms with E-state index in [4.69, 9.17) is 9.84 Å². The average molecular weight is 396 g/mol. The lowest BCUT2D eigenvalue weighted by Gasteiger charge is -2.17. The highest BCUT2D eigenvalue weighted by Gasteiger charge is 2.09.